The van der Waals surface area contributed by atoms with Gasteiger partial charge in [-0.25, -0.2) is 4.99 Å². The minimum absolute atomic E-state index is 0.252. The van der Waals surface area contributed by atoms with Crippen LogP contribution in [0.3, 0.4) is 0 Å². The van der Waals surface area contributed by atoms with Gasteiger partial charge in [0.15, 0.2) is 0 Å². The van der Waals surface area contributed by atoms with E-state index in [1.807, 2.05) is 0 Å². The highest BCUT2D eigenvalue weighted by atomic mass is 16.7. The topological polar surface area (TPSA) is 127 Å². The Labute approximate surface area is 249 Å². The predicted octanol–water partition coefficient (Wildman–Crippen LogP) is 2.34. The number of likely N-dealkylation sites (tertiary alicyclic amines) is 1. The van der Waals surface area contributed by atoms with Crippen LogP contribution in [0.5, 0.6) is 0 Å². The number of hydrogen-bond acceptors (Lipinski definition) is 9. The quantitative estimate of drug-likeness (QED) is 0.300. The van der Waals surface area contributed by atoms with Crippen LogP contribution < -0.4 is 5.32 Å². The van der Waals surface area contributed by atoms with Crippen molar-refractivity contribution in [1.29, 1.82) is 0 Å². The Morgan fingerprint density at radius 2 is 1.93 bits per heavy atom. The second kappa shape index (κ2) is 13.7. The summed E-state index contributed by atoms with van der Waals surface area (Å²) in [6.07, 6.45) is 4.71. The van der Waals surface area contributed by atoms with Gasteiger partial charge in [-0.3, -0.25) is 4.90 Å². The van der Waals surface area contributed by atoms with E-state index in [0.717, 1.165) is 42.8 Å². The van der Waals surface area contributed by atoms with E-state index in [-0.39, 0.29) is 5.92 Å². The lowest BCUT2D eigenvalue weighted by Gasteiger charge is -2.42. The van der Waals surface area contributed by atoms with Crippen LogP contribution >= 0.6 is 0 Å². The number of aliphatic hydroxyl groups is 4. The number of aliphatic imine (C=N–C) groups is 1. The molecule has 0 saturated carbocycles. The van der Waals surface area contributed by atoms with Gasteiger partial charge < -0.3 is 35.2 Å². The smallest absolute Gasteiger partial charge is 0.231 e. The lowest BCUT2D eigenvalue weighted by Crippen LogP contribution is -2.59. The van der Waals surface area contributed by atoms with Gasteiger partial charge >= 0.3 is 0 Å². The van der Waals surface area contributed by atoms with Gasteiger partial charge in [0, 0.05) is 24.1 Å². The third kappa shape index (κ3) is 6.68. The second-order valence-electron chi connectivity index (χ2n) is 12.7. The zero-order valence-corrected chi connectivity index (χ0v) is 25.3. The first kappa shape index (κ1) is 31.3. The molecule has 5 rings (SSSR count). The first-order valence-corrected chi connectivity index (χ1v) is 15.7. The maximum absolute atomic E-state index is 10.5. The van der Waals surface area contributed by atoms with Crippen LogP contribution in [-0.2, 0) is 15.9 Å². The van der Waals surface area contributed by atoms with Crippen molar-refractivity contribution in [3.63, 3.8) is 0 Å². The number of hydrogen-bond donors (Lipinski definition) is 5. The number of nitrogens with one attached hydrogen (secondary N) is 1. The summed E-state index contributed by atoms with van der Waals surface area (Å²) in [7, 11) is 0. The maximum Gasteiger partial charge on any atom is 0.231 e. The predicted molar refractivity (Wildman–Crippen MR) is 163 cm³/mol. The van der Waals surface area contributed by atoms with Crippen LogP contribution in [0.25, 0.3) is 6.08 Å². The van der Waals surface area contributed by atoms with Gasteiger partial charge in [-0.15, -0.1) is 0 Å². The largest absolute Gasteiger partial charge is 0.445 e. The van der Waals surface area contributed by atoms with E-state index in [2.05, 4.69) is 66.3 Å². The minimum Gasteiger partial charge on any atom is -0.445 e. The highest BCUT2D eigenvalue weighted by Crippen LogP contribution is 2.37. The summed E-state index contributed by atoms with van der Waals surface area (Å²) in [4.78, 5) is 7.34. The van der Waals surface area contributed by atoms with E-state index in [9.17, 15) is 20.4 Å². The summed E-state index contributed by atoms with van der Waals surface area (Å²) in [5.74, 6) is 0.626. The molecule has 3 fully saturated rings. The van der Waals surface area contributed by atoms with E-state index in [1.165, 1.54) is 43.4 Å². The highest BCUT2D eigenvalue weighted by molar-refractivity contribution is 5.97. The number of aliphatic hydroxyl groups excluding tert-OH is 4. The molecule has 9 heteroatoms. The summed E-state index contributed by atoms with van der Waals surface area (Å²) in [5.41, 5.74) is 6.06. The van der Waals surface area contributed by atoms with Gasteiger partial charge in [0.1, 0.15) is 24.4 Å². The van der Waals surface area contributed by atoms with Crippen molar-refractivity contribution < 1.29 is 29.9 Å². The van der Waals surface area contributed by atoms with Crippen LogP contribution in [0.4, 0.5) is 0 Å². The Kier molecular flexibility index (Phi) is 10.2. The summed E-state index contributed by atoms with van der Waals surface area (Å²) < 4.78 is 11.6. The van der Waals surface area contributed by atoms with E-state index in [1.54, 1.807) is 0 Å². The molecular formula is C33H49N3O6. The fourth-order valence-corrected chi connectivity index (χ4v) is 7.05. The second-order valence-corrected chi connectivity index (χ2v) is 12.7. The molecule has 5 N–H and O–H groups in total. The fourth-order valence-electron chi connectivity index (χ4n) is 7.05. The molecule has 232 valence electrons. The Morgan fingerprint density at radius 1 is 1.14 bits per heavy atom. The van der Waals surface area contributed by atoms with Crippen LogP contribution in [-0.4, -0.2) is 107 Å². The normalized spacial score (nSPS) is 30.2. The molecule has 4 aliphatic rings. The lowest BCUT2D eigenvalue weighted by atomic mass is 9.85. The molecular weight excluding hydrogens is 534 g/mol. The first-order valence-electron chi connectivity index (χ1n) is 15.7. The van der Waals surface area contributed by atoms with Crippen molar-refractivity contribution in [2.45, 2.75) is 95.5 Å². The zero-order valence-electron chi connectivity index (χ0n) is 25.3. The van der Waals surface area contributed by atoms with Crippen molar-refractivity contribution in [3.8, 4) is 0 Å². The average Bonchev–Trinajstić information content (AvgIpc) is 3.56. The summed E-state index contributed by atoms with van der Waals surface area (Å²) in [5, 5.41) is 43.9. The van der Waals surface area contributed by atoms with Gasteiger partial charge in [-0.2, -0.15) is 0 Å². The summed E-state index contributed by atoms with van der Waals surface area (Å²) >= 11 is 0. The van der Waals surface area contributed by atoms with E-state index >= 15 is 0 Å². The Bertz CT molecular complexity index is 1170. The molecule has 5 atom stereocenters. The fraction of sp³-hybridized carbons (Fsp3) is 0.667. The third-order valence-corrected chi connectivity index (χ3v) is 9.70. The molecule has 0 aromatic heterocycles. The number of aryl methyl sites for hydroxylation is 1. The van der Waals surface area contributed by atoms with Gasteiger partial charge in [-0.1, -0.05) is 44.2 Å². The highest BCUT2D eigenvalue weighted by Gasteiger charge is 2.45. The molecule has 0 aliphatic carbocycles. The van der Waals surface area contributed by atoms with Crippen molar-refractivity contribution >= 4 is 12.0 Å². The molecule has 42 heavy (non-hydrogen) atoms. The number of nitrogens with zero attached hydrogens (tertiary/aromatic N) is 2. The van der Waals surface area contributed by atoms with E-state index in [0.29, 0.717) is 24.4 Å². The molecule has 1 aromatic rings. The molecule has 0 radical (unpaired) electrons. The standard InChI is InChI=1S/C33H49N3O6/c1-21(2)26-19-35-31(42-32-30(40)29(39)28(38)27(20-37)41-32)25(26)18-24-9-8-23(17-22(24)3)7-4-5-15-36-16-6-10-33(36)11-13-34-14-12-33/h4,7-9,17,21,27-30,32,34,37-40H,5-6,10-16,18-20H2,1-3H3/b7-4+/t27-,28-,29+,30-,32+/m1/s1. The maximum atomic E-state index is 10.5. The van der Waals surface area contributed by atoms with Gasteiger partial charge in [-0.05, 0) is 86.8 Å². The molecule has 3 saturated heterocycles. The molecule has 0 bridgehead atoms. The molecule has 1 aromatic carbocycles. The average molecular weight is 584 g/mol. The minimum atomic E-state index is -1.50. The molecule has 1 spiro atoms. The van der Waals surface area contributed by atoms with E-state index < -0.39 is 37.3 Å². The molecule has 0 unspecified atom stereocenters. The summed E-state index contributed by atoms with van der Waals surface area (Å²) in [6, 6.07) is 6.53. The molecule has 0 amide bonds. The van der Waals surface area contributed by atoms with Gasteiger partial charge in [0.2, 0.25) is 12.2 Å². The van der Waals surface area contributed by atoms with Crippen LogP contribution in [0.2, 0.25) is 0 Å². The summed E-state index contributed by atoms with van der Waals surface area (Å²) in [6.45, 7) is 11.0. The molecule has 4 aliphatic heterocycles. The Balaban J connectivity index is 1.22. The van der Waals surface area contributed by atoms with Crippen molar-refractivity contribution in [3.05, 3.63) is 52.1 Å². The van der Waals surface area contributed by atoms with Crippen LogP contribution in [0.15, 0.2) is 40.4 Å². The molecule has 4 heterocycles. The lowest BCUT2D eigenvalue weighted by molar-refractivity contribution is -0.281. The number of piperidine rings is 1. The van der Waals surface area contributed by atoms with Gasteiger partial charge in [0.25, 0.3) is 0 Å². The van der Waals surface area contributed by atoms with E-state index in [4.69, 9.17) is 9.47 Å². The third-order valence-electron chi connectivity index (χ3n) is 9.70. The SMILES string of the molecule is Cc1cc(/C=C/CCN2CCCC23CCNCC3)ccc1CC1=C(C(C)C)CN=C1O[C@@H]1O[C@H](CO)[C@@H](O)[C@H](O)[C@H]1O. The van der Waals surface area contributed by atoms with Crippen molar-refractivity contribution in [1.82, 2.24) is 10.2 Å². The number of benzene rings is 1. The van der Waals surface area contributed by atoms with Crippen LogP contribution in [0, 0.1) is 12.8 Å². The first-order chi connectivity index (χ1) is 20.2. The Hall–Kier alpha value is -2.11. The molecule has 9 nitrogen and oxygen atoms in total. The van der Waals surface area contributed by atoms with Crippen molar-refractivity contribution in [2.24, 2.45) is 10.9 Å². The Morgan fingerprint density at radius 3 is 2.64 bits per heavy atom. The van der Waals surface area contributed by atoms with Crippen LogP contribution in [0.1, 0.15) is 62.6 Å². The van der Waals surface area contributed by atoms with Crippen molar-refractivity contribution in [2.75, 3.05) is 39.3 Å². The number of rotatable bonds is 9. The zero-order chi connectivity index (χ0) is 29.9. The number of ether oxygens (including phenoxy) is 2. The van der Waals surface area contributed by atoms with Gasteiger partial charge in [0.05, 0.1) is 13.2 Å². The monoisotopic (exact) mass is 583 g/mol.